The van der Waals surface area contributed by atoms with Crippen LogP contribution in [0.2, 0.25) is 5.02 Å². The van der Waals surface area contributed by atoms with Crippen LogP contribution in [0.25, 0.3) is 10.9 Å². The van der Waals surface area contributed by atoms with E-state index in [-0.39, 0.29) is 48.1 Å². The zero-order chi connectivity index (χ0) is 46.3. The third-order valence-electron chi connectivity index (χ3n) is 14.8. The molecule has 350 valence electrons. The molecule has 17 heteroatoms. The molecule has 3 amide bonds. The van der Waals surface area contributed by atoms with Gasteiger partial charge in [-0.1, -0.05) is 11.6 Å². The number of hydrogen-bond donors (Lipinski definition) is 3. The van der Waals surface area contributed by atoms with Crippen LogP contribution in [-0.4, -0.2) is 121 Å². The molecule has 2 aromatic heterocycles. The smallest absolute Gasteiger partial charge is 0.293 e. The largest absolute Gasteiger partial charge is 0.478 e. The lowest BCUT2D eigenvalue weighted by Crippen LogP contribution is -2.67. The molecule has 2 spiro atoms. The van der Waals surface area contributed by atoms with Crippen molar-refractivity contribution in [3.05, 3.63) is 75.2 Å². The number of aldehydes is 1. The van der Waals surface area contributed by atoms with Crippen molar-refractivity contribution in [3.8, 4) is 5.75 Å². The molecular weight excluding hydrogens is 860 g/mol. The van der Waals surface area contributed by atoms with Gasteiger partial charge in [0.2, 0.25) is 11.9 Å². The van der Waals surface area contributed by atoms with Crippen molar-refractivity contribution in [3.63, 3.8) is 0 Å². The van der Waals surface area contributed by atoms with Gasteiger partial charge in [-0.05, 0) is 131 Å². The lowest BCUT2D eigenvalue weighted by atomic mass is 9.47. The van der Waals surface area contributed by atoms with E-state index < -0.39 is 6.04 Å². The first-order valence-electron chi connectivity index (χ1n) is 23.4. The number of likely N-dealkylation sites (tertiary alicyclic amines) is 1. The number of aromatic nitrogens is 3. The van der Waals surface area contributed by atoms with E-state index in [0.717, 1.165) is 92.8 Å². The summed E-state index contributed by atoms with van der Waals surface area (Å²) in [5.41, 5.74) is 4.78. The third kappa shape index (κ3) is 8.93. The Balaban J connectivity index is 0.739. The number of benzene rings is 2. The highest BCUT2D eigenvalue weighted by molar-refractivity contribution is 6.33. The fourth-order valence-corrected chi connectivity index (χ4v) is 11.7. The molecule has 1 unspecified atom stereocenters. The highest BCUT2D eigenvalue weighted by Crippen LogP contribution is 2.63. The van der Waals surface area contributed by atoms with Gasteiger partial charge in [0.25, 0.3) is 17.4 Å². The summed E-state index contributed by atoms with van der Waals surface area (Å²) in [6.07, 6.45) is 10.2. The number of amides is 3. The van der Waals surface area contributed by atoms with Crippen molar-refractivity contribution in [1.82, 2.24) is 35.0 Å². The second kappa shape index (κ2) is 18.5. The SMILES string of the molecule is CNC(=O)COc1cc2cc(Nc3nc(N4CCC(CN5CCC6(CC5)CC5(CN(c7ccc8c(c7)CN(C(CCC=O)C(=O)NC)C8=O)C5)C6)CC4)ncc3Cl)ccc2n(C(C)C)c1=O. The predicted molar refractivity (Wildman–Crippen MR) is 255 cm³/mol. The second-order valence-electron chi connectivity index (χ2n) is 19.6. The van der Waals surface area contributed by atoms with E-state index in [1.807, 2.05) is 38.1 Å². The highest BCUT2D eigenvalue weighted by atomic mass is 35.5. The molecule has 1 atom stereocenters. The Morgan fingerprint density at radius 1 is 0.955 bits per heavy atom. The predicted octanol–water partition coefficient (Wildman–Crippen LogP) is 5.54. The van der Waals surface area contributed by atoms with Crippen LogP contribution in [-0.2, 0) is 20.9 Å². The van der Waals surface area contributed by atoms with Gasteiger partial charge in [-0.3, -0.25) is 19.2 Å². The Morgan fingerprint density at radius 3 is 2.41 bits per heavy atom. The van der Waals surface area contributed by atoms with Crippen molar-refractivity contribution in [2.75, 3.05) is 81.6 Å². The summed E-state index contributed by atoms with van der Waals surface area (Å²) in [5, 5.41) is 9.71. The number of anilines is 4. The first-order chi connectivity index (χ1) is 31.8. The van der Waals surface area contributed by atoms with Crippen molar-refractivity contribution < 1.29 is 23.9 Å². The van der Waals surface area contributed by atoms with Gasteiger partial charge in [-0.2, -0.15) is 4.98 Å². The third-order valence-corrected chi connectivity index (χ3v) is 15.1. The lowest BCUT2D eigenvalue weighted by Gasteiger charge is -2.66. The summed E-state index contributed by atoms with van der Waals surface area (Å²) in [6.45, 7) is 11.3. The Bertz CT molecular complexity index is 2570. The van der Waals surface area contributed by atoms with Crippen LogP contribution >= 0.6 is 11.6 Å². The minimum Gasteiger partial charge on any atom is -0.478 e. The van der Waals surface area contributed by atoms with Gasteiger partial charge in [0.1, 0.15) is 17.4 Å². The van der Waals surface area contributed by atoms with Crippen LogP contribution < -0.4 is 36.0 Å². The number of nitrogens with zero attached hydrogens (tertiary/aromatic N) is 7. The average Bonchev–Trinajstić information content (AvgIpc) is 3.62. The summed E-state index contributed by atoms with van der Waals surface area (Å²) in [5.74, 6) is 1.17. The van der Waals surface area contributed by atoms with Crippen molar-refractivity contribution >= 4 is 69.7 Å². The normalized spacial score (nSPS) is 19.4. The van der Waals surface area contributed by atoms with Crippen LogP contribution in [0.5, 0.6) is 5.75 Å². The van der Waals surface area contributed by atoms with Gasteiger partial charge in [0, 0.05) is 93.6 Å². The molecule has 2 aromatic carbocycles. The van der Waals surface area contributed by atoms with Gasteiger partial charge >= 0.3 is 0 Å². The number of carbonyl (C=O) groups excluding carboxylic acids is 4. The first-order valence-corrected chi connectivity index (χ1v) is 23.8. The van der Waals surface area contributed by atoms with Crippen LogP contribution in [0.3, 0.4) is 0 Å². The molecule has 6 heterocycles. The quantitative estimate of drug-likeness (QED) is 0.127. The van der Waals surface area contributed by atoms with Gasteiger partial charge in [0.15, 0.2) is 18.2 Å². The molecule has 1 saturated carbocycles. The number of pyridine rings is 1. The van der Waals surface area contributed by atoms with E-state index in [9.17, 15) is 24.0 Å². The van der Waals surface area contributed by atoms with Gasteiger partial charge in [0.05, 0.1) is 11.7 Å². The molecule has 3 N–H and O–H groups in total. The molecule has 66 heavy (non-hydrogen) atoms. The van der Waals surface area contributed by atoms with E-state index in [1.165, 1.54) is 32.7 Å². The van der Waals surface area contributed by atoms with E-state index >= 15 is 0 Å². The highest BCUT2D eigenvalue weighted by Gasteiger charge is 2.60. The number of rotatable bonds is 15. The van der Waals surface area contributed by atoms with Gasteiger partial charge < -0.3 is 49.6 Å². The Labute approximate surface area is 390 Å². The molecule has 5 aliphatic rings. The molecular formula is C49H61ClN10O6. The zero-order valence-corrected chi connectivity index (χ0v) is 39.2. The number of likely N-dealkylation sites (N-methyl/N-ethyl adjacent to an activating group) is 2. The van der Waals surface area contributed by atoms with Crippen LogP contribution in [0.15, 0.2) is 53.5 Å². The molecule has 4 fully saturated rings. The van der Waals surface area contributed by atoms with Crippen LogP contribution in [0.4, 0.5) is 23.1 Å². The summed E-state index contributed by atoms with van der Waals surface area (Å²) in [4.78, 5) is 80.6. The molecule has 0 radical (unpaired) electrons. The summed E-state index contributed by atoms with van der Waals surface area (Å²) < 4.78 is 7.30. The van der Waals surface area contributed by atoms with Gasteiger partial charge in [-0.15, -0.1) is 0 Å². The average molecular weight is 922 g/mol. The van der Waals surface area contributed by atoms with Crippen molar-refractivity contribution in [2.24, 2.45) is 16.7 Å². The topological polar surface area (TPSA) is 174 Å². The number of nitrogens with one attached hydrogen (secondary N) is 3. The zero-order valence-electron chi connectivity index (χ0n) is 38.4. The first kappa shape index (κ1) is 45.4. The number of ether oxygens (including phenoxy) is 1. The lowest BCUT2D eigenvalue weighted by molar-refractivity contribution is -0.125. The Kier molecular flexibility index (Phi) is 12.7. The number of hydrogen-bond acceptors (Lipinski definition) is 12. The fraction of sp³-hybridized carbons (Fsp3) is 0.531. The standard InChI is InChI=1S/C49H61ClN10O6/c1-31(2)60-39-10-7-35(20-33(39)22-41(46(60)65)66-26-42(62)51-3)54-43-38(50)23-53-47(55-43)57-15-11-32(12-16-57)24-56-17-13-48(14-18-56)27-49(28-48)29-58(30-49)36-8-9-37-34(21-36)25-59(45(37)64)40(6-5-19-61)44(63)52-4/h7-10,19-23,31-32,40H,5-6,11-18,24-30H2,1-4H3,(H,51,62)(H,52,63)(H,53,54,55). The molecule has 9 rings (SSSR count). The monoisotopic (exact) mass is 920 g/mol. The Morgan fingerprint density at radius 2 is 1.71 bits per heavy atom. The molecule has 1 aliphatic carbocycles. The summed E-state index contributed by atoms with van der Waals surface area (Å²) >= 11 is 6.64. The fourth-order valence-electron chi connectivity index (χ4n) is 11.5. The van der Waals surface area contributed by atoms with Crippen molar-refractivity contribution in [1.29, 1.82) is 0 Å². The maximum Gasteiger partial charge on any atom is 0.293 e. The minimum absolute atomic E-state index is 0.105. The number of carbonyl (C=O) groups is 4. The molecule has 3 saturated heterocycles. The van der Waals surface area contributed by atoms with Gasteiger partial charge in [-0.25, -0.2) is 4.98 Å². The van der Waals surface area contributed by atoms with E-state index in [2.05, 4.69) is 47.8 Å². The van der Waals surface area contributed by atoms with E-state index in [1.54, 1.807) is 28.8 Å². The van der Waals surface area contributed by atoms with Crippen LogP contribution in [0.1, 0.15) is 87.2 Å². The minimum atomic E-state index is -0.655. The molecule has 16 nitrogen and oxygen atoms in total. The maximum absolute atomic E-state index is 13.3. The maximum atomic E-state index is 13.3. The van der Waals surface area contributed by atoms with E-state index in [4.69, 9.17) is 21.3 Å². The molecule has 4 aliphatic heterocycles. The summed E-state index contributed by atoms with van der Waals surface area (Å²) in [7, 11) is 3.09. The second-order valence-corrected chi connectivity index (χ2v) is 20.0. The molecule has 0 bridgehead atoms. The number of fused-ring (bicyclic) bond motifs is 2. The summed E-state index contributed by atoms with van der Waals surface area (Å²) in [6, 6.07) is 12.7. The Hall–Kier alpha value is -5.74. The molecule has 4 aromatic rings. The van der Waals surface area contributed by atoms with E-state index in [0.29, 0.717) is 52.1 Å². The number of halogens is 1. The number of piperidine rings is 2. The van der Waals surface area contributed by atoms with Crippen molar-refractivity contribution in [2.45, 2.75) is 83.8 Å². The van der Waals surface area contributed by atoms with Crippen LogP contribution in [0, 0.1) is 16.7 Å².